The Labute approximate surface area is 171 Å². The summed E-state index contributed by atoms with van der Waals surface area (Å²) in [5.41, 5.74) is 1.23. The van der Waals surface area contributed by atoms with Crippen LogP contribution in [0.3, 0.4) is 0 Å². The zero-order chi connectivity index (χ0) is 22.0. The molecule has 3 aromatic rings. The molecule has 0 aliphatic heterocycles. The lowest BCUT2D eigenvalue weighted by atomic mass is 10.2. The van der Waals surface area contributed by atoms with Gasteiger partial charge in [-0.3, -0.25) is 19.7 Å². The number of hydrogen-bond acceptors (Lipinski definition) is 7. The van der Waals surface area contributed by atoms with Gasteiger partial charge >= 0.3 is 0 Å². The molecule has 0 aliphatic carbocycles. The number of carbonyl (C=O) groups is 1. The summed E-state index contributed by atoms with van der Waals surface area (Å²) in [6.45, 7) is 5.22. The standard InChI is InChI=1S/C19H20N6O5/c1-11-9-12(2)23(21-11)17-7-8-18(26)24(22-17)13(3)19(27)20-15-6-5-14(25(28)29)10-16(15)30-4/h5-10,13H,1-4H3,(H,20,27). The van der Waals surface area contributed by atoms with E-state index < -0.39 is 22.4 Å². The van der Waals surface area contributed by atoms with Crippen LogP contribution in [0.4, 0.5) is 11.4 Å². The molecule has 1 N–H and O–H groups in total. The van der Waals surface area contributed by atoms with Crippen molar-refractivity contribution in [3.8, 4) is 11.6 Å². The molecule has 0 bridgehead atoms. The molecule has 0 radical (unpaired) electrons. The molecule has 0 saturated heterocycles. The van der Waals surface area contributed by atoms with Crippen LogP contribution in [-0.2, 0) is 4.79 Å². The van der Waals surface area contributed by atoms with Crippen molar-refractivity contribution in [2.75, 3.05) is 12.4 Å². The number of methoxy groups -OCH3 is 1. The molecule has 156 valence electrons. The quantitative estimate of drug-likeness (QED) is 0.484. The van der Waals surface area contributed by atoms with Gasteiger partial charge < -0.3 is 10.1 Å². The first-order valence-corrected chi connectivity index (χ1v) is 8.98. The minimum Gasteiger partial charge on any atom is -0.494 e. The second-order valence-corrected chi connectivity index (χ2v) is 6.62. The number of aromatic nitrogens is 4. The molecule has 0 fully saturated rings. The van der Waals surface area contributed by atoms with Crippen molar-refractivity contribution in [1.29, 1.82) is 0 Å². The van der Waals surface area contributed by atoms with Crippen molar-refractivity contribution in [2.45, 2.75) is 26.8 Å². The third-order valence-electron chi connectivity index (χ3n) is 4.44. The topological polar surface area (TPSA) is 134 Å². The number of non-ortho nitro benzene ring substituents is 1. The number of hydrogen-bond donors (Lipinski definition) is 1. The Bertz CT molecular complexity index is 1180. The highest BCUT2D eigenvalue weighted by Gasteiger charge is 2.21. The summed E-state index contributed by atoms with van der Waals surface area (Å²) in [4.78, 5) is 35.4. The van der Waals surface area contributed by atoms with Crippen molar-refractivity contribution in [3.63, 3.8) is 0 Å². The predicted octanol–water partition coefficient (Wildman–Crippen LogP) is 2.16. The Kier molecular flexibility index (Phi) is 5.63. The van der Waals surface area contributed by atoms with Gasteiger partial charge in [0.2, 0.25) is 5.91 Å². The maximum absolute atomic E-state index is 12.7. The molecule has 0 saturated carbocycles. The van der Waals surface area contributed by atoms with Gasteiger partial charge in [-0.15, -0.1) is 5.10 Å². The van der Waals surface area contributed by atoms with Crippen LogP contribution in [0, 0.1) is 24.0 Å². The molecule has 1 unspecified atom stereocenters. The maximum Gasteiger partial charge on any atom is 0.273 e. The van der Waals surface area contributed by atoms with E-state index in [0.29, 0.717) is 5.82 Å². The Balaban J connectivity index is 1.90. The molecule has 1 aromatic carbocycles. The van der Waals surface area contributed by atoms with Crippen LogP contribution in [0.1, 0.15) is 24.4 Å². The Morgan fingerprint density at radius 1 is 1.20 bits per heavy atom. The highest BCUT2D eigenvalue weighted by Crippen LogP contribution is 2.29. The van der Waals surface area contributed by atoms with E-state index in [4.69, 9.17) is 4.74 Å². The molecule has 2 heterocycles. The van der Waals surface area contributed by atoms with Crippen molar-refractivity contribution < 1.29 is 14.5 Å². The van der Waals surface area contributed by atoms with Crippen molar-refractivity contribution in [2.24, 2.45) is 0 Å². The highest BCUT2D eigenvalue weighted by molar-refractivity contribution is 5.95. The molecule has 3 rings (SSSR count). The van der Waals surface area contributed by atoms with E-state index in [1.807, 2.05) is 19.9 Å². The van der Waals surface area contributed by atoms with Gasteiger partial charge in [0.1, 0.15) is 11.8 Å². The number of amides is 1. The Hall–Kier alpha value is -4.02. The van der Waals surface area contributed by atoms with E-state index in [1.54, 1.807) is 4.68 Å². The van der Waals surface area contributed by atoms with Crippen LogP contribution in [0.15, 0.2) is 41.2 Å². The molecule has 30 heavy (non-hydrogen) atoms. The third-order valence-corrected chi connectivity index (χ3v) is 4.44. The number of anilines is 1. The fourth-order valence-corrected chi connectivity index (χ4v) is 2.91. The number of nitro benzene ring substituents is 1. The monoisotopic (exact) mass is 412 g/mol. The smallest absolute Gasteiger partial charge is 0.273 e. The van der Waals surface area contributed by atoms with Gasteiger partial charge in [-0.1, -0.05) is 0 Å². The molecule has 1 atom stereocenters. The first-order chi connectivity index (χ1) is 14.2. The summed E-state index contributed by atoms with van der Waals surface area (Å²) in [5.74, 6) is -0.0171. The van der Waals surface area contributed by atoms with E-state index in [2.05, 4.69) is 15.5 Å². The summed E-state index contributed by atoms with van der Waals surface area (Å²) < 4.78 is 7.76. The summed E-state index contributed by atoms with van der Waals surface area (Å²) >= 11 is 0. The average molecular weight is 412 g/mol. The molecular weight excluding hydrogens is 392 g/mol. The summed E-state index contributed by atoms with van der Waals surface area (Å²) in [7, 11) is 1.34. The van der Waals surface area contributed by atoms with E-state index in [-0.39, 0.29) is 17.1 Å². The van der Waals surface area contributed by atoms with E-state index in [0.717, 1.165) is 16.1 Å². The molecule has 1 amide bonds. The van der Waals surface area contributed by atoms with E-state index in [1.165, 1.54) is 44.4 Å². The normalized spacial score (nSPS) is 11.7. The van der Waals surface area contributed by atoms with E-state index in [9.17, 15) is 19.7 Å². The van der Waals surface area contributed by atoms with Crippen LogP contribution in [-0.4, -0.2) is 37.5 Å². The molecule has 0 spiro atoms. The van der Waals surface area contributed by atoms with Gasteiger partial charge in [-0.2, -0.15) is 5.10 Å². The minimum atomic E-state index is -0.964. The fourth-order valence-electron chi connectivity index (χ4n) is 2.91. The number of aryl methyl sites for hydroxylation is 2. The largest absolute Gasteiger partial charge is 0.494 e. The van der Waals surface area contributed by atoms with Crippen LogP contribution >= 0.6 is 0 Å². The summed E-state index contributed by atoms with van der Waals surface area (Å²) in [5, 5.41) is 22.2. The number of rotatable bonds is 6. The van der Waals surface area contributed by atoms with Gasteiger partial charge in [0.15, 0.2) is 5.82 Å². The van der Waals surface area contributed by atoms with Gasteiger partial charge in [0.25, 0.3) is 11.2 Å². The zero-order valence-corrected chi connectivity index (χ0v) is 16.8. The minimum absolute atomic E-state index is 0.126. The van der Waals surface area contributed by atoms with Gasteiger partial charge in [-0.25, -0.2) is 9.36 Å². The molecule has 11 heteroatoms. The molecule has 11 nitrogen and oxygen atoms in total. The Morgan fingerprint density at radius 2 is 1.93 bits per heavy atom. The Morgan fingerprint density at radius 3 is 2.53 bits per heavy atom. The van der Waals surface area contributed by atoms with Crippen molar-refractivity contribution >= 4 is 17.3 Å². The molecule has 0 aliphatic rings. The lowest BCUT2D eigenvalue weighted by Gasteiger charge is -2.16. The van der Waals surface area contributed by atoms with Crippen LogP contribution in [0.5, 0.6) is 5.75 Å². The number of nitrogens with one attached hydrogen (secondary N) is 1. The van der Waals surface area contributed by atoms with Gasteiger partial charge in [-0.05, 0) is 39.0 Å². The maximum atomic E-state index is 12.7. The predicted molar refractivity (Wildman–Crippen MR) is 108 cm³/mol. The van der Waals surface area contributed by atoms with Crippen molar-refractivity contribution in [1.82, 2.24) is 19.6 Å². The first kappa shape index (κ1) is 20.7. The van der Waals surface area contributed by atoms with Gasteiger partial charge in [0, 0.05) is 17.8 Å². The molecular formula is C19H20N6O5. The highest BCUT2D eigenvalue weighted by atomic mass is 16.6. The zero-order valence-electron chi connectivity index (χ0n) is 16.8. The number of nitro groups is 1. The van der Waals surface area contributed by atoms with Crippen LogP contribution in [0.2, 0.25) is 0 Å². The lowest BCUT2D eigenvalue weighted by molar-refractivity contribution is -0.384. The average Bonchev–Trinajstić information content (AvgIpc) is 3.05. The fraction of sp³-hybridized carbons (Fsp3) is 0.263. The van der Waals surface area contributed by atoms with Crippen LogP contribution in [0.25, 0.3) is 5.82 Å². The van der Waals surface area contributed by atoms with Gasteiger partial charge in [0.05, 0.1) is 29.5 Å². The number of ether oxygens (including phenoxy) is 1. The lowest BCUT2D eigenvalue weighted by Crippen LogP contribution is -2.33. The van der Waals surface area contributed by atoms with E-state index >= 15 is 0 Å². The number of benzene rings is 1. The summed E-state index contributed by atoms with van der Waals surface area (Å²) in [6, 6.07) is 7.56. The number of nitrogens with zero attached hydrogens (tertiary/aromatic N) is 5. The SMILES string of the molecule is COc1cc([N+](=O)[O-])ccc1NC(=O)C(C)n1nc(-n2nc(C)cc2C)ccc1=O. The third kappa shape index (κ3) is 4.04. The summed E-state index contributed by atoms with van der Waals surface area (Å²) in [6.07, 6.45) is 0. The molecule has 2 aromatic heterocycles. The number of carbonyl (C=O) groups excluding carboxylic acids is 1. The van der Waals surface area contributed by atoms with Crippen molar-refractivity contribution in [3.05, 3.63) is 68.3 Å². The second kappa shape index (κ2) is 8.15. The first-order valence-electron chi connectivity index (χ1n) is 8.98. The second-order valence-electron chi connectivity index (χ2n) is 6.62. The van der Waals surface area contributed by atoms with Crippen LogP contribution < -0.4 is 15.6 Å².